The topological polar surface area (TPSA) is 16.1 Å². The minimum atomic E-state index is 0. The van der Waals surface area contributed by atoms with E-state index in [-0.39, 0.29) is 12.4 Å². The highest BCUT2D eigenvalue weighted by Gasteiger charge is 2.17. The van der Waals surface area contributed by atoms with Crippen LogP contribution in [0.15, 0.2) is 42.5 Å². The van der Waals surface area contributed by atoms with Crippen molar-refractivity contribution in [1.29, 1.82) is 0 Å². The summed E-state index contributed by atoms with van der Waals surface area (Å²) in [6.45, 7) is 3.02. The van der Waals surface area contributed by atoms with E-state index in [1.807, 2.05) is 6.07 Å². The summed E-state index contributed by atoms with van der Waals surface area (Å²) in [5.74, 6) is 0. The molecule has 0 fully saturated rings. The van der Waals surface area contributed by atoms with Gasteiger partial charge < -0.3 is 0 Å². The van der Waals surface area contributed by atoms with Gasteiger partial charge in [-0.2, -0.15) is 0 Å². The van der Waals surface area contributed by atoms with Crippen LogP contribution in [-0.4, -0.2) is 16.4 Å². The average molecular weight is 295 g/mol. The van der Waals surface area contributed by atoms with Crippen LogP contribution in [0.2, 0.25) is 5.15 Å². The molecular weight excluding hydrogens is 279 g/mol. The summed E-state index contributed by atoms with van der Waals surface area (Å²) in [7, 11) is 0. The average Bonchev–Trinajstić information content (AvgIpc) is 2.40. The molecule has 1 aromatic heterocycles. The summed E-state index contributed by atoms with van der Waals surface area (Å²) in [5, 5.41) is 0.602. The molecule has 0 saturated carbocycles. The maximum absolute atomic E-state index is 5.92. The number of benzene rings is 1. The molecule has 0 atom stereocenters. The molecule has 4 heteroatoms. The Balaban J connectivity index is 0.00000133. The third-order valence-corrected chi connectivity index (χ3v) is 3.55. The minimum absolute atomic E-state index is 0. The Bertz CT molecular complexity index is 543. The SMILES string of the molecule is Cl.Clc1ccc2c(n1)CCN(Cc1ccccc1)C2. The Morgan fingerprint density at radius 3 is 2.68 bits per heavy atom. The molecule has 19 heavy (non-hydrogen) atoms. The van der Waals surface area contributed by atoms with Gasteiger partial charge in [-0.05, 0) is 17.2 Å². The zero-order valence-electron chi connectivity index (χ0n) is 10.6. The highest BCUT2D eigenvalue weighted by atomic mass is 35.5. The van der Waals surface area contributed by atoms with Gasteiger partial charge in [-0.3, -0.25) is 4.90 Å². The van der Waals surface area contributed by atoms with Crippen LogP contribution in [0.25, 0.3) is 0 Å². The van der Waals surface area contributed by atoms with Crippen LogP contribution >= 0.6 is 24.0 Å². The van der Waals surface area contributed by atoms with Gasteiger partial charge in [0.25, 0.3) is 0 Å². The molecule has 1 aliphatic rings. The van der Waals surface area contributed by atoms with Gasteiger partial charge in [-0.25, -0.2) is 4.98 Å². The number of pyridine rings is 1. The summed E-state index contributed by atoms with van der Waals surface area (Å²) in [6, 6.07) is 14.6. The molecule has 0 aliphatic carbocycles. The largest absolute Gasteiger partial charge is 0.294 e. The van der Waals surface area contributed by atoms with Gasteiger partial charge in [0.15, 0.2) is 0 Å². The fourth-order valence-corrected chi connectivity index (χ4v) is 2.59. The second-order valence-corrected chi connectivity index (χ2v) is 5.07. The van der Waals surface area contributed by atoms with E-state index >= 15 is 0 Å². The lowest BCUT2D eigenvalue weighted by Gasteiger charge is -2.28. The van der Waals surface area contributed by atoms with Crippen molar-refractivity contribution in [3.63, 3.8) is 0 Å². The summed E-state index contributed by atoms with van der Waals surface area (Å²) >= 11 is 5.92. The van der Waals surface area contributed by atoms with Crippen molar-refractivity contribution in [1.82, 2.24) is 9.88 Å². The second kappa shape index (κ2) is 6.38. The van der Waals surface area contributed by atoms with Crippen molar-refractivity contribution >= 4 is 24.0 Å². The lowest BCUT2D eigenvalue weighted by molar-refractivity contribution is 0.243. The van der Waals surface area contributed by atoms with E-state index in [2.05, 4.69) is 46.3 Å². The third kappa shape index (κ3) is 3.47. The molecule has 1 aromatic carbocycles. The molecule has 0 saturated heterocycles. The monoisotopic (exact) mass is 294 g/mol. The molecule has 0 unspecified atom stereocenters. The van der Waals surface area contributed by atoms with Crippen LogP contribution in [0.4, 0.5) is 0 Å². The van der Waals surface area contributed by atoms with Crippen molar-refractivity contribution in [2.75, 3.05) is 6.54 Å². The molecule has 0 radical (unpaired) electrons. The maximum Gasteiger partial charge on any atom is 0.129 e. The molecule has 1 aliphatic heterocycles. The Labute approximate surface area is 124 Å². The van der Waals surface area contributed by atoms with Gasteiger partial charge in [0.1, 0.15) is 5.15 Å². The van der Waals surface area contributed by atoms with E-state index in [0.717, 1.165) is 31.7 Å². The first-order valence-corrected chi connectivity index (χ1v) is 6.59. The van der Waals surface area contributed by atoms with Crippen LogP contribution in [0, 0.1) is 0 Å². The lowest BCUT2D eigenvalue weighted by atomic mass is 10.1. The molecule has 2 aromatic rings. The number of aromatic nitrogens is 1. The van der Waals surface area contributed by atoms with Crippen LogP contribution < -0.4 is 0 Å². The van der Waals surface area contributed by atoms with Gasteiger partial charge in [-0.15, -0.1) is 12.4 Å². The van der Waals surface area contributed by atoms with Crippen molar-refractivity contribution in [3.05, 3.63) is 64.4 Å². The highest BCUT2D eigenvalue weighted by molar-refractivity contribution is 6.29. The van der Waals surface area contributed by atoms with Crippen molar-refractivity contribution in [2.45, 2.75) is 19.5 Å². The molecule has 0 bridgehead atoms. The maximum atomic E-state index is 5.92. The molecule has 0 amide bonds. The first-order chi connectivity index (χ1) is 8.81. The molecule has 100 valence electrons. The fourth-order valence-electron chi connectivity index (χ4n) is 2.42. The minimum Gasteiger partial charge on any atom is -0.294 e. The zero-order chi connectivity index (χ0) is 12.4. The van der Waals surface area contributed by atoms with Gasteiger partial charge in [0.05, 0.1) is 0 Å². The standard InChI is InChI=1S/C15H15ClN2.ClH/c16-15-7-6-13-11-18(9-8-14(13)17-15)10-12-4-2-1-3-5-12;/h1-7H,8-11H2;1H. The van der Waals surface area contributed by atoms with Gasteiger partial charge >= 0.3 is 0 Å². The number of hydrogen-bond acceptors (Lipinski definition) is 2. The molecule has 2 heterocycles. The number of fused-ring (bicyclic) bond motifs is 1. The lowest BCUT2D eigenvalue weighted by Crippen LogP contribution is -2.30. The number of nitrogens with zero attached hydrogens (tertiary/aromatic N) is 2. The van der Waals surface area contributed by atoms with Crippen LogP contribution in [0.1, 0.15) is 16.8 Å². The zero-order valence-corrected chi connectivity index (χ0v) is 12.1. The molecule has 0 N–H and O–H groups in total. The molecule has 3 rings (SSSR count). The number of halogens is 2. The summed E-state index contributed by atoms with van der Waals surface area (Å²) in [6.07, 6.45) is 0.989. The third-order valence-electron chi connectivity index (χ3n) is 3.34. The quantitative estimate of drug-likeness (QED) is 0.785. The van der Waals surface area contributed by atoms with Gasteiger partial charge in [0.2, 0.25) is 0 Å². The van der Waals surface area contributed by atoms with E-state index in [9.17, 15) is 0 Å². The normalized spacial score (nSPS) is 14.6. The fraction of sp³-hybridized carbons (Fsp3) is 0.267. The first-order valence-electron chi connectivity index (χ1n) is 6.22. The summed E-state index contributed by atoms with van der Waals surface area (Å²) in [5.41, 5.74) is 3.83. The van der Waals surface area contributed by atoms with E-state index < -0.39 is 0 Å². The first kappa shape index (κ1) is 14.3. The van der Waals surface area contributed by atoms with Crippen molar-refractivity contribution in [3.8, 4) is 0 Å². The van der Waals surface area contributed by atoms with Crippen molar-refractivity contribution < 1.29 is 0 Å². The van der Waals surface area contributed by atoms with Gasteiger partial charge in [-0.1, -0.05) is 48.0 Å². The second-order valence-electron chi connectivity index (χ2n) is 4.69. The molecule has 0 spiro atoms. The van der Waals surface area contributed by atoms with Crippen LogP contribution in [0.3, 0.4) is 0 Å². The Morgan fingerprint density at radius 2 is 1.89 bits per heavy atom. The highest BCUT2D eigenvalue weighted by Crippen LogP contribution is 2.20. The Kier molecular flexibility index (Phi) is 4.81. The predicted octanol–water partition coefficient (Wildman–Crippen LogP) is 3.72. The summed E-state index contributed by atoms with van der Waals surface area (Å²) in [4.78, 5) is 6.85. The number of rotatable bonds is 2. The molecule has 2 nitrogen and oxygen atoms in total. The van der Waals surface area contributed by atoms with Crippen molar-refractivity contribution in [2.24, 2.45) is 0 Å². The van der Waals surface area contributed by atoms with Crippen LogP contribution in [-0.2, 0) is 19.5 Å². The van der Waals surface area contributed by atoms with E-state index in [4.69, 9.17) is 11.6 Å². The molecular formula is C15H16Cl2N2. The van der Waals surface area contributed by atoms with E-state index in [1.165, 1.54) is 11.1 Å². The Morgan fingerprint density at radius 1 is 1.11 bits per heavy atom. The predicted molar refractivity (Wildman–Crippen MR) is 80.8 cm³/mol. The van der Waals surface area contributed by atoms with E-state index in [1.54, 1.807) is 0 Å². The smallest absolute Gasteiger partial charge is 0.129 e. The van der Waals surface area contributed by atoms with Crippen LogP contribution in [0.5, 0.6) is 0 Å². The van der Waals surface area contributed by atoms with Gasteiger partial charge in [0, 0.05) is 31.7 Å². The Hall–Kier alpha value is -1.09. The van der Waals surface area contributed by atoms with E-state index in [0.29, 0.717) is 5.15 Å². The summed E-state index contributed by atoms with van der Waals surface area (Å²) < 4.78 is 0. The number of hydrogen-bond donors (Lipinski definition) is 0.